The van der Waals surface area contributed by atoms with E-state index < -0.39 is 10.0 Å². The van der Waals surface area contributed by atoms with Gasteiger partial charge in [0.1, 0.15) is 4.90 Å². The normalized spacial score (nSPS) is 29.0. The average molecular weight is 380 g/mol. The maximum Gasteiger partial charge on any atom is 0.245 e. The number of sulfonamides is 1. The molecule has 2 fully saturated rings. The van der Waals surface area contributed by atoms with Gasteiger partial charge in [0.05, 0.1) is 5.02 Å². The number of aryl methyl sites for hydroxylation is 1. The van der Waals surface area contributed by atoms with Gasteiger partial charge in [0.15, 0.2) is 0 Å². The Kier molecular flexibility index (Phi) is 4.74. The Morgan fingerprint density at radius 2 is 1.73 bits per heavy atom. The minimum Gasteiger partial charge on any atom is -0.207 e. The monoisotopic (exact) mass is 379 g/mol. The molecule has 3 atom stereocenters. The molecule has 0 radical (unpaired) electrons. The lowest BCUT2D eigenvalue weighted by molar-refractivity contribution is 0.253. The lowest BCUT2D eigenvalue weighted by Gasteiger charge is -2.37. The van der Waals surface area contributed by atoms with Gasteiger partial charge in [-0.25, -0.2) is 8.42 Å². The molecule has 1 unspecified atom stereocenters. The van der Waals surface area contributed by atoms with Crippen LogP contribution in [0.2, 0.25) is 10.0 Å². The molecule has 2 heterocycles. The number of benzene rings is 1. The van der Waals surface area contributed by atoms with Crippen LogP contribution in [0.4, 0.5) is 0 Å². The predicted octanol–water partition coefficient (Wildman–Crippen LogP) is 4.35. The molecule has 22 heavy (non-hydrogen) atoms. The summed E-state index contributed by atoms with van der Waals surface area (Å²) in [6, 6.07) is 3.34. The number of halogens is 2. The summed E-state index contributed by atoms with van der Waals surface area (Å²) >= 11 is 14.1. The summed E-state index contributed by atoms with van der Waals surface area (Å²) in [5, 5.41) is 1.27. The SMILES string of the molecule is CSC1C[C@H]2CC[C@@H](C1)N2S(=O)(=O)c1cc(C)c(Cl)cc1Cl. The molecule has 122 valence electrons. The van der Waals surface area contributed by atoms with E-state index in [9.17, 15) is 8.42 Å². The van der Waals surface area contributed by atoms with Crippen molar-refractivity contribution in [1.29, 1.82) is 0 Å². The second-order valence-electron chi connectivity index (χ2n) is 6.08. The molecule has 0 aromatic heterocycles. The molecule has 2 saturated heterocycles. The number of rotatable bonds is 3. The van der Waals surface area contributed by atoms with Crippen LogP contribution in [0.3, 0.4) is 0 Å². The molecule has 1 aromatic carbocycles. The second-order valence-corrected chi connectivity index (χ2v) is 9.84. The van der Waals surface area contributed by atoms with Crippen molar-refractivity contribution in [1.82, 2.24) is 4.31 Å². The Morgan fingerprint density at radius 1 is 1.14 bits per heavy atom. The van der Waals surface area contributed by atoms with Crippen LogP contribution in [0, 0.1) is 6.92 Å². The maximum absolute atomic E-state index is 13.1. The van der Waals surface area contributed by atoms with E-state index in [0.29, 0.717) is 10.3 Å². The van der Waals surface area contributed by atoms with E-state index >= 15 is 0 Å². The van der Waals surface area contributed by atoms with Crippen molar-refractivity contribution >= 4 is 45.0 Å². The van der Waals surface area contributed by atoms with Gasteiger partial charge in [-0.15, -0.1) is 0 Å². The number of fused-ring (bicyclic) bond motifs is 2. The van der Waals surface area contributed by atoms with Crippen LogP contribution < -0.4 is 0 Å². The standard InChI is InChI=1S/C15H19Cl2NO2S2/c1-9-5-15(14(17)8-13(9)16)22(19,20)18-10-3-4-11(18)7-12(6-10)21-2/h5,8,10-12H,3-4,6-7H2,1-2H3/t10-,11+,12?. The lowest BCUT2D eigenvalue weighted by Crippen LogP contribution is -2.47. The Bertz CT molecular complexity index is 679. The molecule has 0 spiro atoms. The average Bonchev–Trinajstić information content (AvgIpc) is 2.74. The third kappa shape index (κ3) is 2.80. The van der Waals surface area contributed by atoms with E-state index in [1.165, 1.54) is 6.07 Å². The zero-order chi connectivity index (χ0) is 16.1. The molecule has 2 aliphatic rings. The third-order valence-corrected chi connectivity index (χ3v) is 8.65. The Labute approximate surface area is 146 Å². The van der Waals surface area contributed by atoms with Crippen molar-refractivity contribution in [2.75, 3.05) is 6.26 Å². The van der Waals surface area contributed by atoms with Crippen molar-refractivity contribution in [2.24, 2.45) is 0 Å². The fourth-order valence-electron chi connectivity index (χ4n) is 3.61. The minimum absolute atomic E-state index is 0.105. The smallest absolute Gasteiger partial charge is 0.207 e. The Balaban J connectivity index is 2.00. The Hall–Kier alpha value is 0.0600. The van der Waals surface area contributed by atoms with Crippen LogP contribution in [0.5, 0.6) is 0 Å². The molecule has 7 heteroatoms. The molecule has 0 saturated carbocycles. The molecule has 2 bridgehead atoms. The molecule has 0 amide bonds. The zero-order valence-electron chi connectivity index (χ0n) is 12.6. The largest absolute Gasteiger partial charge is 0.245 e. The first-order chi connectivity index (χ1) is 10.3. The van der Waals surface area contributed by atoms with E-state index in [1.807, 2.05) is 11.8 Å². The quantitative estimate of drug-likeness (QED) is 0.783. The van der Waals surface area contributed by atoms with Crippen molar-refractivity contribution in [3.8, 4) is 0 Å². The molecule has 3 nitrogen and oxygen atoms in total. The van der Waals surface area contributed by atoms with Crippen molar-refractivity contribution in [2.45, 2.75) is 54.8 Å². The molecule has 0 N–H and O–H groups in total. The van der Waals surface area contributed by atoms with Crippen molar-refractivity contribution < 1.29 is 8.42 Å². The summed E-state index contributed by atoms with van der Waals surface area (Å²) in [5.41, 5.74) is 0.732. The van der Waals surface area contributed by atoms with Crippen LogP contribution in [0.1, 0.15) is 31.2 Å². The van der Waals surface area contributed by atoms with Crippen LogP contribution in [0.25, 0.3) is 0 Å². The van der Waals surface area contributed by atoms with E-state index in [1.54, 1.807) is 17.3 Å². The third-order valence-electron chi connectivity index (χ3n) is 4.72. The van der Waals surface area contributed by atoms with Gasteiger partial charge >= 0.3 is 0 Å². The van der Waals surface area contributed by atoms with Crippen LogP contribution >= 0.6 is 35.0 Å². The molecule has 2 aliphatic heterocycles. The highest BCUT2D eigenvalue weighted by molar-refractivity contribution is 7.99. The zero-order valence-corrected chi connectivity index (χ0v) is 15.7. The van der Waals surface area contributed by atoms with Gasteiger partial charge in [-0.1, -0.05) is 23.2 Å². The number of hydrogen-bond acceptors (Lipinski definition) is 3. The summed E-state index contributed by atoms with van der Waals surface area (Å²) in [6.07, 6.45) is 5.87. The summed E-state index contributed by atoms with van der Waals surface area (Å²) in [7, 11) is -3.57. The van der Waals surface area contributed by atoms with Gasteiger partial charge < -0.3 is 0 Å². The van der Waals surface area contributed by atoms with Crippen LogP contribution in [-0.4, -0.2) is 36.3 Å². The molecule has 0 aliphatic carbocycles. The first kappa shape index (κ1) is 16.9. The summed E-state index contributed by atoms with van der Waals surface area (Å²) in [6.45, 7) is 1.80. The predicted molar refractivity (Wildman–Crippen MR) is 93.6 cm³/mol. The van der Waals surface area contributed by atoms with Gasteiger partial charge in [-0.05, 0) is 56.6 Å². The molecule has 1 aromatic rings. The molecular weight excluding hydrogens is 361 g/mol. The minimum atomic E-state index is -3.57. The second kappa shape index (κ2) is 6.17. The topological polar surface area (TPSA) is 37.4 Å². The van der Waals surface area contributed by atoms with Crippen molar-refractivity contribution in [3.05, 3.63) is 27.7 Å². The van der Waals surface area contributed by atoms with Crippen molar-refractivity contribution in [3.63, 3.8) is 0 Å². The molecular formula is C15H19Cl2NO2S2. The Morgan fingerprint density at radius 3 is 2.27 bits per heavy atom. The van der Waals surface area contributed by atoms with Gasteiger partial charge in [0, 0.05) is 22.4 Å². The van der Waals surface area contributed by atoms with E-state index in [2.05, 4.69) is 6.26 Å². The van der Waals surface area contributed by atoms with Crippen LogP contribution in [0.15, 0.2) is 17.0 Å². The molecule has 3 rings (SSSR count). The fraction of sp³-hybridized carbons (Fsp3) is 0.600. The van der Waals surface area contributed by atoms with E-state index in [4.69, 9.17) is 23.2 Å². The van der Waals surface area contributed by atoms with E-state index in [-0.39, 0.29) is 22.0 Å². The van der Waals surface area contributed by atoms with Gasteiger partial charge in [0.2, 0.25) is 10.0 Å². The fourth-order valence-corrected chi connectivity index (χ4v) is 7.14. The summed E-state index contributed by atoms with van der Waals surface area (Å²) in [4.78, 5) is 0.190. The first-order valence-electron chi connectivity index (χ1n) is 7.36. The van der Waals surface area contributed by atoms with Gasteiger partial charge in [0.25, 0.3) is 0 Å². The number of thioether (sulfide) groups is 1. The number of nitrogens with zero attached hydrogens (tertiary/aromatic N) is 1. The van der Waals surface area contributed by atoms with Gasteiger partial charge in [-0.2, -0.15) is 16.1 Å². The number of piperidine rings is 1. The highest BCUT2D eigenvalue weighted by atomic mass is 35.5. The maximum atomic E-state index is 13.1. The summed E-state index contributed by atoms with van der Waals surface area (Å²) in [5.74, 6) is 0. The van der Waals surface area contributed by atoms with E-state index in [0.717, 1.165) is 31.2 Å². The number of hydrogen-bond donors (Lipinski definition) is 0. The van der Waals surface area contributed by atoms with Crippen LogP contribution in [-0.2, 0) is 10.0 Å². The highest BCUT2D eigenvalue weighted by Crippen LogP contribution is 2.44. The summed E-state index contributed by atoms with van der Waals surface area (Å²) < 4.78 is 28.0. The highest BCUT2D eigenvalue weighted by Gasteiger charge is 2.47. The lowest BCUT2D eigenvalue weighted by atomic mass is 10.1. The first-order valence-corrected chi connectivity index (χ1v) is 10.8. The van der Waals surface area contributed by atoms with Gasteiger partial charge in [-0.3, -0.25) is 0 Å².